The number of hydrogen-bond donors (Lipinski definition) is 1. The molecule has 2 aromatic heterocycles. The van der Waals surface area contributed by atoms with Crippen molar-refractivity contribution >= 4 is 34.7 Å². The molecule has 1 aliphatic heterocycles. The molecular formula is C25H28N4O2S. The molecule has 166 valence electrons. The van der Waals surface area contributed by atoms with Crippen LogP contribution in [0, 0.1) is 12.8 Å². The van der Waals surface area contributed by atoms with Crippen LogP contribution in [0.25, 0.3) is 0 Å². The molecule has 1 N–H and O–H groups in total. The van der Waals surface area contributed by atoms with E-state index >= 15 is 0 Å². The van der Waals surface area contributed by atoms with Gasteiger partial charge in [-0.1, -0.05) is 36.6 Å². The maximum absolute atomic E-state index is 13.6. The predicted octanol–water partition coefficient (Wildman–Crippen LogP) is 5.49. The van der Waals surface area contributed by atoms with Gasteiger partial charge < -0.3 is 10.2 Å². The zero-order chi connectivity index (χ0) is 22.1. The first-order valence-electron chi connectivity index (χ1n) is 11.4. The van der Waals surface area contributed by atoms with E-state index in [4.69, 9.17) is 0 Å². The third-order valence-corrected chi connectivity index (χ3v) is 7.62. The monoisotopic (exact) mass is 448 g/mol. The van der Waals surface area contributed by atoms with Gasteiger partial charge in [0.15, 0.2) is 0 Å². The van der Waals surface area contributed by atoms with Gasteiger partial charge in [-0.2, -0.15) is 5.10 Å². The number of carbonyl (C=O) groups excluding carboxylic acids is 2. The lowest BCUT2D eigenvalue weighted by Crippen LogP contribution is -2.46. The topological polar surface area (TPSA) is 67.2 Å². The number of anilines is 2. The van der Waals surface area contributed by atoms with E-state index in [-0.39, 0.29) is 23.8 Å². The van der Waals surface area contributed by atoms with Gasteiger partial charge in [0.2, 0.25) is 11.8 Å². The summed E-state index contributed by atoms with van der Waals surface area (Å²) in [5.41, 5.74) is 1.98. The summed E-state index contributed by atoms with van der Waals surface area (Å²) in [7, 11) is 0. The Hall–Kier alpha value is -2.93. The highest BCUT2D eigenvalue weighted by Gasteiger charge is 2.42. The normalized spacial score (nSPS) is 21.8. The summed E-state index contributed by atoms with van der Waals surface area (Å²) in [4.78, 5) is 29.5. The van der Waals surface area contributed by atoms with Crippen LogP contribution < -0.4 is 10.2 Å². The van der Waals surface area contributed by atoms with Crippen molar-refractivity contribution in [2.45, 2.75) is 57.5 Å². The molecule has 1 saturated heterocycles. The van der Waals surface area contributed by atoms with E-state index in [1.807, 2.05) is 64.4 Å². The highest BCUT2D eigenvalue weighted by molar-refractivity contribution is 7.10. The second-order valence-electron chi connectivity index (χ2n) is 8.79. The minimum atomic E-state index is -0.334. The Balaban J connectivity index is 1.46. The lowest BCUT2D eigenvalue weighted by molar-refractivity contribution is -0.125. The first-order valence-corrected chi connectivity index (χ1v) is 12.3. The molecule has 5 rings (SSSR count). The number of aromatic nitrogens is 2. The number of amides is 2. The summed E-state index contributed by atoms with van der Waals surface area (Å²) in [6.45, 7) is 2.03. The smallest absolute Gasteiger partial charge is 0.231 e. The molecule has 1 aliphatic carbocycles. The van der Waals surface area contributed by atoms with E-state index in [0.29, 0.717) is 18.9 Å². The molecule has 3 aromatic rings. The van der Waals surface area contributed by atoms with Crippen LogP contribution in [0.1, 0.15) is 61.0 Å². The van der Waals surface area contributed by atoms with E-state index in [2.05, 4.69) is 10.4 Å². The number of rotatable bonds is 5. The second-order valence-corrected chi connectivity index (χ2v) is 9.77. The summed E-state index contributed by atoms with van der Waals surface area (Å²) in [5.74, 6) is 0.435. The number of hydrogen-bond acceptors (Lipinski definition) is 4. The molecule has 2 aliphatic rings. The average molecular weight is 449 g/mol. The quantitative estimate of drug-likeness (QED) is 0.561. The SMILES string of the molecule is Cc1ccc(N2C(=O)CC[C@@H](C(=O)Nc3ccnn3C3CCCC3)[C@@H]2c2cccs2)cc1. The zero-order valence-electron chi connectivity index (χ0n) is 18.2. The van der Waals surface area contributed by atoms with Gasteiger partial charge >= 0.3 is 0 Å². The van der Waals surface area contributed by atoms with Crippen LogP contribution in [-0.2, 0) is 9.59 Å². The zero-order valence-corrected chi connectivity index (χ0v) is 19.1. The van der Waals surface area contributed by atoms with E-state index in [9.17, 15) is 9.59 Å². The average Bonchev–Trinajstić information content (AvgIpc) is 3.56. The minimum Gasteiger partial charge on any atom is -0.311 e. The van der Waals surface area contributed by atoms with Crippen LogP contribution in [0.15, 0.2) is 54.0 Å². The van der Waals surface area contributed by atoms with Crippen molar-refractivity contribution in [1.82, 2.24) is 9.78 Å². The number of benzene rings is 1. The lowest BCUT2D eigenvalue weighted by Gasteiger charge is -2.40. The summed E-state index contributed by atoms with van der Waals surface area (Å²) in [5, 5.41) is 9.65. The Morgan fingerprint density at radius 2 is 1.88 bits per heavy atom. The molecular weight excluding hydrogens is 420 g/mol. The fourth-order valence-corrected chi connectivity index (χ4v) is 5.91. The number of carbonyl (C=O) groups is 2. The Bertz CT molecular complexity index is 1080. The molecule has 32 heavy (non-hydrogen) atoms. The molecule has 0 bridgehead atoms. The van der Waals surface area contributed by atoms with Crippen molar-refractivity contribution in [3.63, 3.8) is 0 Å². The standard InChI is InChI=1S/C25H28N4O2S/c1-17-8-10-18(11-9-17)28-23(30)13-12-20(24(28)21-7-4-16-32-21)25(31)27-22-14-15-26-29(22)19-5-2-3-6-19/h4,7-11,14-16,19-20,24H,2-3,5-6,12-13H2,1H3,(H,27,31)/t20-,24-/m1/s1. The Morgan fingerprint density at radius 1 is 1.09 bits per heavy atom. The number of nitrogens with one attached hydrogen (secondary N) is 1. The van der Waals surface area contributed by atoms with Crippen LogP contribution >= 0.6 is 11.3 Å². The summed E-state index contributed by atoms with van der Waals surface area (Å²) >= 11 is 1.59. The maximum Gasteiger partial charge on any atom is 0.231 e. The fourth-order valence-electron chi connectivity index (χ4n) is 5.03. The second kappa shape index (κ2) is 8.90. The number of thiophene rings is 1. The Labute approximate surface area is 192 Å². The van der Waals surface area contributed by atoms with Crippen molar-refractivity contribution in [3.8, 4) is 0 Å². The Kier molecular flexibility index (Phi) is 5.83. The number of aryl methyl sites for hydroxylation is 1. The molecule has 2 fully saturated rings. The molecule has 0 spiro atoms. The van der Waals surface area contributed by atoms with E-state index in [1.54, 1.807) is 17.5 Å². The molecule has 1 aromatic carbocycles. The van der Waals surface area contributed by atoms with Gasteiger partial charge in [0, 0.05) is 23.1 Å². The van der Waals surface area contributed by atoms with Crippen LogP contribution in [0.3, 0.4) is 0 Å². The summed E-state index contributed by atoms with van der Waals surface area (Å²) < 4.78 is 1.97. The van der Waals surface area contributed by atoms with Gasteiger partial charge in [0.05, 0.1) is 24.2 Å². The van der Waals surface area contributed by atoms with Crippen LogP contribution in [0.5, 0.6) is 0 Å². The molecule has 1 saturated carbocycles. The first kappa shape index (κ1) is 20.9. The largest absolute Gasteiger partial charge is 0.311 e. The van der Waals surface area contributed by atoms with Gasteiger partial charge in [0.1, 0.15) is 5.82 Å². The van der Waals surface area contributed by atoms with Crippen molar-refractivity contribution < 1.29 is 9.59 Å². The predicted molar refractivity (Wildman–Crippen MR) is 127 cm³/mol. The number of piperidine rings is 1. The van der Waals surface area contributed by atoms with Gasteiger partial charge in [-0.25, -0.2) is 4.68 Å². The first-order chi connectivity index (χ1) is 15.6. The van der Waals surface area contributed by atoms with Crippen molar-refractivity contribution in [1.29, 1.82) is 0 Å². The van der Waals surface area contributed by atoms with Gasteiger partial charge in [0.25, 0.3) is 0 Å². The van der Waals surface area contributed by atoms with Gasteiger partial charge in [-0.15, -0.1) is 11.3 Å². The van der Waals surface area contributed by atoms with Crippen LogP contribution in [0.2, 0.25) is 0 Å². The number of nitrogens with zero attached hydrogens (tertiary/aromatic N) is 3. The van der Waals surface area contributed by atoms with E-state index < -0.39 is 0 Å². The molecule has 2 atom stereocenters. The van der Waals surface area contributed by atoms with Gasteiger partial charge in [-0.3, -0.25) is 9.59 Å². The fraction of sp³-hybridized carbons (Fsp3) is 0.400. The maximum atomic E-state index is 13.6. The third kappa shape index (κ3) is 3.97. The molecule has 2 amide bonds. The Morgan fingerprint density at radius 3 is 2.59 bits per heavy atom. The summed E-state index contributed by atoms with van der Waals surface area (Å²) in [6, 6.07) is 13.9. The van der Waals surface area contributed by atoms with Crippen LogP contribution in [-0.4, -0.2) is 21.6 Å². The minimum absolute atomic E-state index is 0.0484. The van der Waals surface area contributed by atoms with Crippen molar-refractivity contribution in [2.24, 2.45) is 5.92 Å². The summed E-state index contributed by atoms with van der Waals surface area (Å²) in [6.07, 6.45) is 7.25. The van der Waals surface area contributed by atoms with Crippen molar-refractivity contribution in [3.05, 3.63) is 64.5 Å². The lowest BCUT2D eigenvalue weighted by atomic mass is 9.86. The molecule has 3 heterocycles. The van der Waals surface area contributed by atoms with Gasteiger partial charge in [-0.05, 0) is 49.8 Å². The van der Waals surface area contributed by atoms with Crippen molar-refractivity contribution in [2.75, 3.05) is 10.2 Å². The molecule has 0 radical (unpaired) electrons. The van der Waals surface area contributed by atoms with Crippen LogP contribution in [0.4, 0.5) is 11.5 Å². The third-order valence-electron chi connectivity index (χ3n) is 6.67. The molecule has 7 heteroatoms. The highest BCUT2D eigenvalue weighted by atomic mass is 32.1. The van der Waals surface area contributed by atoms with E-state index in [1.165, 1.54) is 12.8 Å². The molecule has 6 nitrogen and oxygen atoms in total. The van der Waals surface area contributed by atoms with E-state index in [0.717, 1.165) is 34.8 Å². The molecule has 0 unspecified atom stereocenters. The highest BCUT2D eigenvalue weighted by Crippen LogP contribution is 2.42.